The van der Waals surface area contributed by atoms with Gasteiger partial charge in [0.1, 0.15) is 37.9 Å². The molecule has 0 heterocycles. The number of allylic oxidation sites excluding steroid dienone is 4. The van der Waals surface area contributed by atoms with Crippen molar-refractivity contribution in [1.29, 1.82) is 0 Å². The third kappa shape index (κ3) is 15.0. The molecule has 19 rings (SSSR count). The van der Waals surface area contributed by atoms with Gasteiger partial charge in [-0.15, -0.1) is 0 Å². The maximum Gasteiger partial charge on any atom is 0.309 e. The predicted molar refractivity (Wildman–Crippen MR) is 479 cm³/mol. The second-order valence-corrected chi connectivity index (χ2v) is 34.9. The molecule has 10 nitrogen and oxygen atoms in total. The van der Waals surface area contributed by atoms with Crippen molar-refractivity contribution in [3.63, 3.8) is 0 Å². The number of hydrogen-bond donors (Lipinski definition) is 0. The highest BCUT2D eigenvalue weighted by Gasteiger charge is 2.42. The molecule has 116 heavy (non-hydrogen) atoms. The Morgan fingerprint density at radius 2 is 0.560 bits per heavy atom. The minimum Gasteiger partial charge on any atom is -0.491 e. The summed E-state index contributed by atoms with van der Waals surface area (Å²) >= 11 is 0. The molecule has 2 unspecified atom stereocenters. The largest absolute Gasteiger partial charge is 0.491 e. The normalized spacial score (nSPS) is 18.1. The first kappa shape index (κ1) is 76.8. The average Bonchev–Trinajstić information content (AvgIpc) is 0.804. The highest BCUT2D eigenvalue weighted by molar-refractivity contribution is 6.61. The summed E-state index contributed by atoms with van der Waals surface area (Å²) in [5.41, 5.74) is 7.51. The van der Waals surface area contributed by atoms with Crippen molar-refractivity contribution < 1.29 is 47.5 Å². The number of benzene rings is 15. The van der Waals surface area contributed by atoms with Gasteiger partial charge < -0.3 is 37.9 Å². The first-order valence-electron chi connectivity index (χ1n) is 45.1. The van der Waals surface area contributed by atoms with E-state index in [4.69, 9.17) is 37.9 Å². The zero-order valence-electron chi connectivity index (χ0n) is 68.4. The van der Waals surface area contributed by atoms with E-state index < -0.39 is 0 Å². The molecule has 0 aliphatic heterocycles. The first-order chi connectivity index (χ1) is 57.3. The molecule has 4 aliphatic carbocycles. The van der Waals surface area contributed by atoms with Gasteiger partial charge >= 0.3 is 11.9 Å². The summed E-state index contributed by atoms with van der Waals surface area (Å²) in [4.78, 5) is 25.4. The number of aryl methyl sites for hydroxylation is 2. The Morgan fingerprint density at radius 1 is 0.276 bits per heavy atom. The van der Waals surface area contributed by atoms with Crippen molar-refractivity contribution >= 4 is 141 Å². The standard InChI is InChI=1S/C106H114O10/c1-3-5-7-9-11-13-15-17-19-21-25-67-59-85-79-27-23-29-81-89-63-75(71-35-39-77(40-36-71)113-51-47-109-43-45-111-49-53-115-105(107)83-57-69-31-33-73(83)55-69)65-91-92-66-76(72-37-41-78(42-38-72)114-52-48-110-44-46-112-50-54-116-106(108)84-58-70-32-34-74(84)56-70)64-90-82-30-24-28-80-86-60-68(26-22-20-18-16-14-12-10-8-6-4-2)62-88-87(61-67)95(85)101-99(93(79)81)103(97(89)91)104(98(90)92)100(94(80)82)102(101)96(86)88/h23-24,27-42,59-66,69-70,73-74,83-84H,3-22,25-26,43-58H2,1-2H3/t69-,70-,73+,74+,83?,84?/m0/s1. The lowest BCUT2D eigenvalue weighted by molar-refractivity contribution is -0.152. The smallest absolute Gasteiger partial charge is 0.309 e. The number of hydrogen-bond acceptors (Lipinski definition) is 10. The van der Waals surface area contributed by atoms with Gasteiger partial charge in [0.25, 0.3) is 0 Å². The molecule has 2 fully saturated rings. The van der Waals surface area contributed by atoms with Gasteiger partial charge in [-0.25, -0.2) is 0 Å². The molecule has 598 valence electrons. The zero-order chi connectivity index (χ0) is 78.0. The van der Waals surface area contributed by atoms with Crippen molar-refractivity contribution in [1.82, 2.24) is 0 Å². The fourth-order valence-electron chi connectivity index (χ4n) is 21.8. The lowest BCUT2D eigenvalue weighted by Crippen LogP contribution is -2.23. The maximum atomic E-state index is 12.7. The fourth-order valence-corrected chi connectivity index (χ4v) is 21.8. The molecule has 0 spiro atoms. The number of ether oxygens (including phenoxy) is 8. The summed E-state index contributed by atoms with van der Waals surface area (Å²) in [5, 5.41) is 32.9. The van der Waals surface area contributed by atoms with Gasteiger partial charge in [0.05, 0.1) is 64.7 Å². The van der Waals surface area contributed by atoms with Gasteiger partial charge in [-0.1, -0.05) is 239 Å². The Bertz CT molecular complexity index is 5590. The molecule has 0 N–H and O–H groups in total. The topological polar surface area (TPSA) is 108 Å². The van der Waals surface area contributed by atoms with E-state index in [2.05, 4.69) is 172 Å². The highest BCUT2D eigenvalue weighted by atomic mass is 16.6. The molecular weight excluding hydrogens is 1430 g/mol. The van der Waals surface area contributed by atoms with Crippen LogP contribution in [0.5, 0.6) is 11.5 Å². The van der Waals surface area contributed by atoms with Gasteiger partial charge in [0.15, 0.2) is 0 Å². The molecule has 0 radical (unpaired) electrons. The molecule has 0 amide bonds. The van der Waals surface area contributed by atoms with Crippen LogP contribution < -0.4 is 9.47 Å². The second-order valence-electron chi connectivity index (χ2n) is 34.9. The molecule has 6 atom stereocenters. The monoisotopic (exact) mass is 1550 g/mol. The van der Waals surface area contributed by atoms with Crippen LogP contribution in [0.15, 0.2) is 158 Å². The summed E-state index contributed by atoms with van der Waals surface area (Å²) in [6.07, 6.45) is 41.5. The van der Waals surface area contributed by atoms with Gasteiger partial charge in [-0.2, -0.15) is 0 Å². The molecule has 2 saturated carbocycles. The van der Waals surface area contributed by atoms with Crippen LogP contribution in [-0.4, -0.2) is 91.2 Å². The average molecular weight is 1550 g/mol. The van der Waals surface area contributed by atoms with Crippen molar-refractivity contribution in [3.05, 3.63) is 169 Å². The Balaban J connectivity index is 0.666. The molecule has 4 bridgehead atoms. The van der Waals surface area contributed by atoms with E-state index in [9.17, 15) is 9.59 Å². The number of carbonyl (C=O) groups is 2. The van der Waals surface area contributed by atoms with Gasteiger partial charge in [-0.05, 0) is 286 Å². The Kier molecular flexibility index (Phi) is 23.0. The minimum absolute atomic E-state index is 0.00298. The SMILES string of the molecule is CCCCCCCCCCCCc1cc2c3cccc4c5cc(-c6ccc(OCCOCCOCCOC(=O)C7C[C@H]8C=C[C@@H]7C8)cc6)cc6c7cc(-c8ccc(OCCOCCOCCOC(=O)C9C[C@H]%10C=C[C@@H]9C%10)cc8)cc8c9cccc%10c%11cc(CCCCCCCCCCCC)cc%12c(c1)c2c1c(c34)c(c56)c(c87)c(c%109)c1c%11%12. The molecule has 10 heteroatoms. The molecule has 0 aromatic heterocycles. The Morgan fingerprint density at radius 3 is 0.879 bits per heavy atom. The number of unbranched alkanes of at least 4 members (excludes halogenated alkanes) is 18. The van der Waals surface area contributed by atoms with Crippen LogP contribution in [-0.2, 0) is 50.9 Å². The summed E-state index contributed by atoms with van der Waals surface area (Å²) in [5.74, 6) is 3.13. The van der Waals surface area contributed by atoms with Crippen LogP contribution in [0, 0.1) is 35.5 Å². The quantitative estimate of drug-likeness (QED) is 0.0120. The van der Waals surface area contributed by atoms with Gasteiger partial charge in [-0.3, -0.25) is 9.59 Å². The fraction of sp³-hybridized carbons (Fsp3) is 0.434. The van der Waals surface area contributed by atoms with E-state index in [1.54, 1.807) is 0 Å². The van der Waals surface area contributed by atoms with E-state index in [0.717, 1.165) is 72.3 Å². The van der Waals surface area contributed by atoms with E-state index in [1.165, 1.54) is 269 Å². The first-order valence-corrected chi connectivity index (χ1v) is 45.1. The van der Waals surface area contributed by atoms with Gasteiger partial charge in [0.2, 0.25) is 0 Å². The zero-order valence-corrected chi connectivity index (χ0v) is 68.4. The van der Waals surface area contributed by atoms with Crippen LogP contribution in [0.1, 0.15) is 179 Å². The predicted octanol–water partition coefficient (Wildman–Crippen LogP) is 26.7. The number of fused-ring (bicyclic) bond motifs is 10. The van der Waals surface area contributed by atoms with Crippen molar-refractivity contribution in [3.8, 4) is 33.8 Å². The Hall–Kier alpha value is -9.16. The van der Waals surface area contributed by atoms with Crippen LogP contribution in [0.4, 0.5) is 0 Å². The van der Waals surface area contributed by atoms with Crippen LogP contribution in [0.3, 0.4) is 0 Å². The van der Waals surface area contributed by atoms with E-state index >= 15 is 0 Å². The summed E-state index contributed by atoms with van der Waals surface area (Å²) in [6.45, 7) is 9.20. The van der Waals surface area contributed by atoms with Crippen molar-refractivity contribution in [2.24, 2.45) is 35.5 Å². The molecule has 15 aromatic rings. The molecule has 0 saturated heterocycles. The van der Waals surface area contributed by atoms with Crippen LogP contribution in [0.25, 0.3) is 152 Å². The molecular formula is C106H114O10. The van der Waals surface area contributed by atoms with Crippen molar-refractivity contribution in [2.75, 3.05) is 79.3 Å². The third-order valence-corrected chi connectivity index (χ3v) is 27.4. The lowest BCUT2D eigenvalue weighted by atomic mass is 9.72. The van der Waals surface area contributed by atoms with E-state index in [0.29, 0.717) is 89.7 Å². The summed E-state index contributed by atoms with van der Waals surface area (Å²) in [7, 11) is 0. The second kappa shape index (κ2) is 34.8. The maximum absolute atomic E-state index is 12.7. The third-order valence-electron chi connectivity index (χ3n) is 27.4. The highest BCUT2D eigenvalue weighted by Crippen LogP contribution is 2.61. The summed E-state index contributed by atoms with van der Waals surface area (Å²) in [6, 6.07) is 52.6. The number of carbonyl (C=O) groups excluding carboxylic acids is 2. The van der Waals surface area contributed by atoms with Crippen molar-refractivity contribution in [2.45, 2.75) is 181 Å². The minimum atomic E-state index is -0.0924. The summed E-state index contributed by atoms with van der Waals surface area (Å²) < 4.78 is 47.4. The number of esters is 2. The van der Waals surface area contributed by atoms with Crippen LogP contribution >= 0.6 is 0 Å². The van der Waals surface area contributed by atoms with Crippen LogP contribution in [0.2, 0.25) is 0 Å². The lowest BCUT2D eigenvalue weighted by Gasteiger charge is -2.30. The Labute approximate surface area is 682 Å². The van der Waals surface area contributed by atoms with E-state index in [-0.39, 0.29) is 37.0 Å². The molecule has 15 aromatic carbocycles. The van der Waals surface area contributed by atoms with E-state index in [1.807, 2.05) is 0 Å². The molecule has 4 aliphatic rings. The number of rotatable bonds is 46. The van der Waals surface area contributed by atoms with Gasteiger partial charge in [0, 0.05) is 0 Å².